The average molecular weight is 570 g/mol. The Hall–Kier alpha value is -1.26. The Kier molecular flexibility index (Phi) is 9.43. The summed E-state index contributed by atoms with van der Waals surface area (Å²) in [5.41, 5.74) is 2.44. The van der Waals surface area contributed by atoms with E-state index in [1.807, 2.05) is 18.9 Å². The van der Waals surface area contributed by atoms with Crippen molar-refractivity contribution in [3.8, 4) is 0 Å². The zero-order chi connectivity index (χ0) is 24.9. The van der Waals surface area contributed by atoms with E-state index in [4.69, 9.17) is 21.1 Å². The second-order valence-corrected chi connectivity index (χ2v) is 11.7. The van der Waals surface area contributed by atoms with Gasteiger partial charge in [0.15, 0.2) is 0 Å². The number of aliphatic imine (C=N–C) groups is 1. The molecule has 35 heavy (non-hydrogen) atoms. The number of nitrogens with one attached hydrogen (secondary N) is 3. The SMILES string of the molecule is CNCC(Br)C1N=C(C2C=CCCC2Cl)CC(NCC2CCCN(C(=O)c3c(C)noc3C)C2)N1. The summed E-state index contributed by atoms with van der Waals surface area (Å²) in [4.78, 5) is 20.3. The van der Waals surface area contributed by atoms with E-state index >= 15 is 0 Å². The molecule has 1 fully saturated rings. The topological polar surface area (TPSA) is 94.8 Å². The number of carbonyl (C=O) groups excluding carboxylic acids is 1. The monoisotopic (exact) mass is 568 g/mol. The van der Waals surface area contributed by atoms with Crippen LogP contribution in [0.2, 0.25) is 0 Å². The maximum absolute atomic E-state index is 13.1. The van der Waals surface area contributed by atoms with Crippen molar-refractivity contribution in [1.82, 2.24) is 26.0 Å². The van der Waals surface area contributed by atoms with Gasteiger partial charge in [0.25, 0.3) is 5.91 Å². The van der Waals surface area contributed by atoms with Crippen LogP contribution in [0.5, 0.6) is 0 Å². The van der Waals surface area contributed by atoms with Gasteiger partial charge >= 0.3 is 0 Å². The van der Waals surface area contributed by atoms with Gasteiger partial charge < -0.3 is 20.1 Å². The van der Waals surface area contributed by atoms with Crippen LogP contribution < -0.4 is 16.0 Å². The standard InChI is InChI=1S/C25H38BrClN6O2/c1-15-23(16(2)35-32-15)25(34)33-10-6-7-17(14-33)12-29-22-11-21(18-8-4-5-9-20(18)27)30-24(31-22)19(26)13-28-3/h4,8,17-20,22,24,28-29,31H,5-7,9-14H2,1-3H3. The number of aryl methyl sites for hydroxylation is 2. The third-order valence-electron chi connectivity index (χ3n) is 7.27. The predicted octanol–water partition coefficient (Wildman–Crippen LogP) is 3.38. The van der Waals surface area contributed by atoms with Crippen molar-refractivity contribution >= 4 is 39.1 Å². The molecule has 8 nitrogen and oxygen atoms in total. The molecular formula is C25H38BrClN6O2. The first kappa shape index (κ1) is 26.8. The van der Waals surface area contributed by atoms with Crippen LogP contribution in [-0.4, -0.2) is 77.4 Å². The molecule has 4 rings (SSSR count). The smallest absolute Gasteiger partial charge is 0.259 e. The number of hydrogen-bond acceptors (Lipinski definition) is 7. The van der Waals surface area contributed by atoms with Crippen molar-refractivity contribution in [1.29, 1.82) is 0 Å². The fraction of sp³-hybridized carbons (Fsp3) is 0.720. The molecule has 0 aromatic carbocycles. The predicted molar refractivity (Wildman–Crippen MR) is 144 cm³/mol. The van der Waals surface area contributed by atoms with Crippen molar-refractivity contribution in [3.63, 3.8) is 0 Å². The van der Waals surface area contributed by atoms with Crippen LogP contribution in [0.3, 0.4) is 0 Å². The average Bonchev–Trinajstić information content (AvgIpc) is 3.20. The number of carbonyl (C=O) groups is 1. The molecule has 1 saturated heterocycles. The van der Waals surface area contributed by atoms with Gasteiger partial charge in [-0.15, -0.1) is 11.6 Å². The van der Waals surface area contributed by atoms with Crippen molar-refractivity contribution in [2.75, 3.05) is 33.2 Å². The summed E-state index contributed by atoms with van der Waals surface area (Å²) in [7, 11) is 1.95. The third kappa shape index (κ3) is 6.55. The fourth-order valence-electron chi connectivity index (χ4n) is 5.38. The number of allylic oxidation sites excluding steroid dienone is 2. The molecule has 6 atom stereocenters. The molecule has 6 unspecified atom stereocenters. The summed E-state index contributed by atoms with van der Waals surface area (Å²) in [6, 6.07) is 0. The summed E-state index contributed by atoms with van der Waals surface area (Å²) < 4.78 is 5.22. The Labute approximate surface area is 221 Å². The van der Waals surface area contributed by atoms with E-state index < -0.39 is 0 Å². The molecule has 3 N–H and O–H groups in total. The van der Waals surface area contributed by atoms with Gasteiger partial charge in [0, 0.05) is 49.6 Å². The molecule has 3 heterocycles. The number of halogens is 2. The van der Waals surface area contributed by atoms with E-state index in [-0.39, 0.29) is 34.4 Å². The highest BCUT2D eigenvalue weighted by Crippen LogP contribution is 2.29. The van der Waals surface area contributed by atoms with E-state index in [0.717, 1.165) is 58.3 Å². The van der Waals surface area contributed by atoms with Gasteiger partial charge in [0.05, 0.1) is 16.7 Å². The maximum Gasteiger partial charge on any atom is 0.259 e. The Bertz CT molecular complexity index is 918. The van der Waals surface area contributed by atoms with Crippen LogP contribution in [0.25, 0.3) is 0 Å². The Morgan fingerprint density at radius 1 is 1.40 bits per heavy atom. The van der Waals surface area contributed by atoms with Crippen LogP contribution >= 0.6 is 27.5 Å². The molecule has 10 heteroatoms. The Morgan fingerprint density at radius 3 is 2.94 bits per heavy atom. The largest absolute Gasteiger partial charge is 0.361 e. The highest BCUT2D eigenvalue weighted by molar-refractivity contribution is 9.09. The summed E-state index contributed by atoms with van der Waals surface area (Å²) in [5, 5.41) is 14.7. The zero-order valence-electron chi connectivity index (χ0n) is 20.9. The number of likely N-dealkylation sites (tertiary alicyclic amines) is 1. The van der Waals surface area contributed by atoms with Crippen molar-refractivity contribution in [2.45, 2.75) is 68.5 Å². The van der Waals surface area contributed by atoms with E-state index in [1.54, 1.807) is 6.92 Å². The lowest BCUT2D eigenvalue weighted by molar-refractivity contribution is 0.0668. The van der Waals surface area contributed by atoms with Crippen molar-refractivity contribution in [2.24, 2.45) is 16.8 Å². The van der Waals surface area contributed by atoms with Crippen LogP contribution in [-0.2, 0) is 0 Å². The van der Waals surface area contributed by atoms with Gasteiger partial charge in [0.2, 0.25) is 0 Å². The number of piperidine rings is 1. The molecule has 3 aliphatic rings. The van der Waals surface area contributed by atoms with E-state index in [1.165, 1.54) is 5.71 Å². The van der Waals surface area contributed by atoms with E-state index in [2.05, 4.69) is 49.2 Å². The minimum Gasteiger partial charge on any atom is -0.361 e. The second-order valence-electron chi connectivity index (χ2n) is 9.98. The van der Waals surface area contributed by atoms with E-state index in [9.17, 15) is 4.79 Å². The number of rotatable bonds is 8. The maximum atomic E-state index is 13.1. The Morgan fingerprint density at radius 2 is 2.23 bits per heavy atom. The molecule has 194 valence electrons. The molecule has 1 aromatic rings. The van der Waals surface area contributed by atoms with Gasteiger partial charge in [-0.25, -0.2) is 0 Å². The zero-order valence-corrected chi connectivity index (χ0v) is 23.2. The first-order valence-electron chi connectivity index (χ1n) is 12.7. The molecule has 0 radical (unpaired) electrons. The molecular weight excluding hydrogens is 532 g/mol. The quantitative estimate of drug-likeness (QED) is 0.328. The first-order valence-corrected chi connectivity index (χ1v) is 14.1. The van der Waals surface area contributed by atoms with Gasteiger partial charge in [-0.1, -0.05) is 33.2 Å². The van der Waals surface area contributed by atoms with Gasteiger partial charge in [-0.2, -0.15) is 0 Å². The first-order chi connectivity index (χ1) is 16.9. The van der Waals surface area contributed by atoms with Crippen LogP contribution in [0.1, 0.15) is 53.9 Å². The van der Waals surface area contributed by atoms with Crippen LogP contribution in [0, 0.1) is 25.7 Å². The fourth-order valence-corrected chi connectivity index (χ4v) is 6.33. The lowest BCUT2D eigenvalue weighted by atomic mass is 9.88. The number of nitrogens with zero attached hydrogens (tertiary/aromatic N) is 3. The highest BCUT2D eigenvalue weighted by atomic mass is 79.9. The van der Waals surface area contributed by atoms with E-state index in [0.29, 0.717) is 22.9 Å². The van der Waals surface area contributed by atoms with Crippen molar-refractivity contribution in [3.05, 3.63) is 29.2 Å². The summed E-state index contributed by atoms with van der Waals surface area (Å²) in [5.74, 6) is 1.20. The molecule has 0 spiro atoms. The number of aromatic nitrogens is 1. The lowest BCUT2D eigenvalue weighted by Crippen LogP contribution is -2.57. The number of amides is 1. The molecule has 1 aliphatic carbocycles. The number of hydrogen-bond donors (Lipinski definition) is 3. The summed E-state index contributed by atoms with van der Waals surface area (Å²) >= 11 is 10.5. The van der Waals surface area contributed by atoms with Gasteiger partial charge in [-0.3, -0.25) is 15.1 Å². The normalized spacial score (nSPS) is 30.3. The highest BCUT2D eigenvalue weighted by Gasteiger charge is 2.34. The molecule has 2 aliphatic heterocycles. The Balaban J connectivity index is 1.39. The van der Waals surface area contributed by atoms with Crippen LogP contribution in [0.4, 0.5) is 0 Å². The van der Waals surface area contributed by atoms with Gasteiger partial charge in [0.1, 0.15) is 17.5 Å². The molecule has 0 bridgehead atoms. The van der Waals surface area contributed by atoms with Crippen LogP contribution in [0.15, 0.2) is 21.7 Å². The molecule has 1 amide bonds. The minimum atomic E-state index is -0.0353. The molecule has 1 aromatic heterocycles. The summed E-state index contributed by atoms with van der Waals surface area (Å²) in [6.45, 7) is 6.80. The second kappa shape index (κ2) is 12.3. The summed E-state index contributed by atoms with van der Waals surface area (Å²) in [6.07, 6.45) is 9.49. The van der Waals surface area contributed by atoms with Crippen molar-refractivity contribution < 1.29 is 9.32 Å². The van der Waals surface area contributed by atoms with Gasteiger partial charge in [-0.05, 0) is 52.5 Å². The molecule has 0 saturated carbocycles. The lowest BCUT2D eigenvalue weighted by Gasteiger charge is -2.38. The number of alkyl halides is 2. The third-order valence-corrected chi connectivity index (χ3v) is 8.58. The minimum absolute atomic E-state index is 0.0302.